The van der Waals surface area contributed by atoms with Crippen LogP contribution in [0, 0.1) is 0 Å². The maximum Gasteiger partial charge on any atom is 0.323 e. The summed E-state index contributed by atoms with van der Waals surface area (Å²) in [7, 11) is 2.99. The minimum absolute atomic E-state index is 0.374. The van der Waals surface area contributed by atoms with Gasteiger partial charge >= 0.3 is 5.97 Å². The van der Waals surface area contributed by atoms with E-state index in [9.17, 15) is 4.79 Å². The summed E-state index contributed by atoms with van der Waals surface area (Å²) >= 11 is 0. The number of hydrogen-bond donors (Lipinski definition) is 1. The summed E-state index contributed by atoms with van der Waals surface area (Å²) in [5, 5.41) is 0. The van der Waals surface area contributed by atoms with E-state index < -0.39 is 6.04 Å². The van der Waals surface area contributed by atoms with Crippen LogP contribution in [0.1, 0.15) is 6.92 Å². The molecule has 0 aliphatic carbocycles. The Hall–Kier alpha value is -0.650. The van der Waals surface area contributed by atoms with E-state index in [4.69, 9.17) is 10.5 Å². The molecule has 0 aliphatic heterocycles. The topological polar surface area (TPSA) is 64.8 Å². The zero-order chi connectivity index (χ0) is 11.0. The molecule has 1 atom stereocenters. The molecule has 0 rings (SSSR count). The number of nitrogens with zero attached hydrogens (tertiary/aromatic N) is 1. The first-order chi connectivity index (χ1) is 6.65. The molecular weight excluding hydrogens is 184 g/mol. The van der Waals surface area contributed by atoms with Crippen LogP contribution < -0.4 is 5.73 Å². The van der Waals surface area contributed by atoms with Crippen LogP contribution >= 0.6 is 0 Å². The standard InChI is InChI=1S/C9H20N2O3/c1-4-11(5-6-13-2)7-8(10)9(12)14-3/h8H,4-7,10H2,1-3H3. The minimum Gasteiger partial charge on any atom is -0.468 e. The van der Waals surface area contributed by atoms with Crippen LogP contribution in [-0.4, -0.2) is 57.4 Å². The average Bonchev–Trinajstić information content (AvgIpc) is 2.22. The molecule has 0 aliphatic rings. The van der Waals surface area contributed by atoms with Gasteiger partial charge in [-0.25, -0.2) is 0 Å². The number of hydrogen-bond acceptors (Lipinski definition) is 5. The van der Waals surface area contributed by atoms with E-state index in [1.165, 1.54) is 7.11 Å². The van der Waals surface area contributed by atoms with Gasteiger partial charge in [0.2, 0.25) is 0 Å². The number of carbonyl (C=O) groups excluding carboxylic acids is 1. The van der Waals surface area contributed by atoms with Crippen molar-refractivity contribution in [1.29, 1.82) is 0 Å². The predicted molar refractivity (Wildman–Crippen MR) is 54.0 cm³/mol. The molecule has 5 nitrogen and oxygen atoms in total. The Morgan fingerprint density at radius 2 is 2.14 bits per heavy atom. The van der Waals surface area contributed by atoms with Gasteiger partial charge in [-0.1, -0.05) is 6.92 Å². The third-order valence-corrected chi connectivity index (χ3v) is 2.02. The normalized spacial score (nSPS) is 12.9. The summed E-state index contributed by atoms with van der Waals surface area (Å²) in [5.74, 6) is -0.374. The summed E-state index contributed by atoms with van der Waals surface area (Å²) in [5.41, 5.74) is 5.62. The van der Waals surface area contributed by atoms with E-state index >= 15 is 0 Å². The van der Waals surface area contributed by atoms with E-state index in [0.717, 1.165) is 13.1 Å². The Morgan fingerprint density at radius 1 is 1.50 bits per heavy atom. The van der Waals surface area contributed by atoms with Gasteiger partial charge in [-0.15, -0.1) is 0 Å². The van der Waals surface area contributed by atoms with Crippen molar-refractivity contribution in [3.05, 3.63) is 0 Å². The average molecular weight is 204 g/mol. The molecule has 1 unspecified atom stereocenters. The van der Waals surface area contributed by atoms with Crippen molar-refractivity contribution >= 4 is 5.97 Å². The largest absolute Gasteiger partial charge is 0.468 e. The number of ether oxygens (including phenoxy) is 2. The molecule has 0 aromatic heterocycles. The molecule has 84 valence electrons. The summed E-state index contributed by atoms with van der Waals surface area (Å²) < 4.78 is 9.48. The Morgan fingerprint density at radius 3 is 2.57 bits per heavy atom. The van der Waals surface area contributed by atoms with Crippen LogP contribution in [0.15, 0.2) is 0 Å². The summed E-state index contributed by atoms with van der Waals surface area (Å²) in [6, 6.07) is -0.572. The van der Waals surface area contributed by atoms with Gasteiger partial charge in [-0.2, -0.15) is 0 Å². The van der Waals surface area contributed by atoms with Gasteiger partial charge in [-0.05, 0) is 6.54 Å². The van der Waals surface area contributed by atoms with Gasteiger partial charge in [0.15, 0.2) is 0 Å². The highest BCUT2D eigenvalue weighted by Gasteiger charge is 2.16. The second kappa shape index (κ2) is 7.73. The smallest absolute Gasteiger partial charge is 0.323 e. The molecule has 0 radical (unpaired) electrons. The molecule has 0 amide bonds. The van der Waals surface area contributed by atoms with E-state index in [1.807, 2.05) is 11.8 Å². The lowest BCUT2D eigenvalue weighted by atomic mass is 10.3. The second-order valence-corrected chi connectivity index (χ2v) is 3.02. The predicted octanol–water partition coefficient (Wildman–Crippen LogP) is -0.545. The lowest BCUT2D eigenvalue weighted by molar-refractivity contribution is -0.142. The molecule has 0 saturated carbocycles. The van der Waals surface area contributed by atoms with Crippen LogP contribution in [0.2, 0.25) is 0 Å². The van der Waals surface area contributed by atoms with Crippen LogP contribution in [0.5, 0.6) is 0 Å². The van der Waals surface area contributed by atoms with Gasteiger partial charge in [0.1, 0.15) is 6.04 Å². The first kappa shape index (κ1) is 13.4. The number of esters is 1. The van der Waals surface area contributed by atoms with Crippen molar-refractivity contribution in [2.45, 2.75) is 13.0 Å². The number of nitrogens with two attached hydrogens (primary N) is 1. The molecule has 0 heterocycles. The summed E-state index contributed by atoms with van der Waals surface area (Å²) in [6.45, 7) is 4.78. The van der Waals surface area contributed by atoms with Gasteiger partial charge in [0, 0.05) is 20.2 Å². The van der Waals surface area contributed by atoms with Crippen LogP contribution in [0.25, 0.3) is 0 Å². The van der Waals surface area contributed by atoms with E-state index in [2.05, 4.69) is 4.74 Å². The molecule has 0 aromatic carbocycles. The van der Waals surface area contributed by atoms with Crippen molar-refractivity contribution < 1.29 is 14.3 Å². The molecule has 0 aromatic rings. The first-order valence-electron chi connectivity index (χ1n) is 4.70. The van der Waals surface area contributed by atoms with Crippen molar-refractivity contribution in [2.24, 2.45) is 5.73 Å². The molecule has 14 heavy (non-hydrogen) atoms. The maximum atomic E-state index is 11.0. The van der Waals surface area contributed by atoms with Crippen molar-refractivity contribution in [3.63, 3.8) is 0 Å². The first-order valence-corrected chi connectivity index (χ1v) is 4.70. The zero-order valence-electron chi connectivity index (χ0n) is 9.16. The Kier molecular flexibility index (Phi) is 7.37. The highest BCUT2D eigenvalue weighted by molar-refractivity contribution is 5.75. The van der Waals surface area contributed by atoms with Gasteiger partial charge < -0.3 is 15.2 Å². The van der Waals surface area contributed by atoms with Crippen molar-refractivity contribution in [2.75, 3.05) is 40.5 Å². The van der Waals surface area contributed by atoms with E-state index in [-0.39, 0.29) is 5.97 Å². The van der Waals surface area contributed by atoms with Crippen molar-refractivity contribution in [3.8, 4) is 0 Å². The van der Waals surface area contributed by atoms with Gasteiger partial charge in [0.05, 0.1) is 13.7 Å². The Labute approximate surface area is 85.1 Å². The summed E-state index contributed by atoms with van der Waals surface area (Å²) in [6.07, 6.45) is 0. The maximum absolute atomic E-state index is 11.0. The fourth-order valence-corrected chi connectivity index (χ4v) is 1.10. The molecule has 0 spiro atoms. The van der Waals surface area contributed by atoms with Crippen LogP contribution in [-0.2, 0) is 14.3 Å². The zero-order valence-corrected chi connectivity index (χ0v) is 9.16. The molecule has 5 heteroatoms. The molecule has 0 bridgehead atoms. The fraction of sp³-hybridized carbons (Fsp3) is 0.889. The SMILES string of the molecule is CCN(CCOC)CC(N)C(=O)OC. The monoisotopic (exact) mass is 204 g/mol. The van der Waals surface area contributed by atoms with Gasteiger partial charge in [-0.3, -0.25) is 9.69 Å². The third-order valence-electron chi connectivity index (χ3n) is 2.02. The number of likely N-dealkylation sites (N-methyl/N-ethyl adjacent to an activating group) is 1. The number of methoxy groups -OCH3 is 2. The Balaban J connectivity index is 3.85. The van der Waals surface area contributed by atoms with Crippen LogP contribution in [0.4, 0.5) is 0 Å². The van der Waals surface area contributed by atoms with E-state index in [0.29, 0.717) is 13.2 Å². The number of carbonyl (C=O) groups is 1. The molecular formula is C9H20N2O3. The molecule has 0 fully saturated rings. The number of rotatable bonds is 7. The fourth-order valence-electron chi connectivity index (χ4n) is 1.10. The highest BCUT2D eigenvalue weighted by Crippen LogP contribution is 1.92. The third kappa shape index (κ3) is 5.16. The summed E-state index contributed by atoms with van der Waals surface area (Å²) in [4.78, 5) is 13.1. The van der Waals surface area contributed by atoms with Gasteiger partial charge in [0.25, 0.3) is 0 Å². The second-order valence-electron chi connectivity index (χ2n) is 3.02. The molecule has 0 saturated heterocycles. The Bertz CT molecular complexity index is 164. The lowest BCUT2D eigenvalue weighted by Crippen LogP contribution is -2.44. The molecule has 2 N–H and O–H groups in total. The van der Waals surface area contributed by atoms with E-state index in [1.54, 1.807) is 7.11 Å². The quantitative estimate of drug-likeness (QED) is 0.564. The van der Waals surface area contributed by atoms with Crippen LogP contribution in [0.3, 0.4) is 0 Å². The lowest BCUT2D eigenvalue weighted by Gasteiger charge is -2.22. The minimum atomic E-state index is -0.572. The highest BCUT2D eigenvalue weighted by atomic mass is 16.5. The van der Waals surface area contributed by atoms with Crippen molar-refractivity contribution in [1.82, 2.24) is 4.90 Å².